The van der Waals surface area contributed by atoms with Crippen LogP contribution in [0.5, 0.6) is 0 Å². The monoisotopic (exact) mass is 254 g/mol. The number of amides is 1. The molecule has 3 N–H and O–H groups in total. The van der Waals surface area contributed by atoms with E-state index in [0.29, 0.717) is 11.3 Å². The smallest absolute Gasteiger partial charge is 0.256 e. The van der Waals surface area contributed by atoms with Crippen LogP contribution in [0, 0.1) is 20.8 Å². The molecule has 3 heteroatoms. The SMILES string of the molecule is Cc1ccc(N)cc1C(=O)Nc1c(C)cccc1C. The van der Waals surface area contributed by atoms with Gasteiger partial charge in [0.1, 0.15) is 0 Å². The first kappa shape index (κ1) is 13.1. The van der Waals surface area contributed by atoms with Gasteiger partial charge in [0.05, 0.1) is 0 Å². The molecule has 0 saturated carbocycles. The maximum atomic E-state index is 12.3. The molecule has 0 radical (unpaired) electrons. The highest BCUT2D eigenvalue weighted by Crippen LogP contribution is 2.21. The molecule has 2 aromatic rings. The van der Waals surface area contributed by atoms with Crippen molar-refractivity contribution < 1.29 is 4.79 Å². The van der Waals surface area contributed by atoms with Crippen molar-refractivity contribution in [3.05, 3.63) is 58.7 Å². The van der Waals surface area contributed by atoms with Crippen LogP contribution in [0.15, 0.2) is 36.4 Å². The number of rotatable bonds is 2. The third kappa shape index (κ3) is 2.76. The Labute approximate surface area is 113 Å². The molecule has 2 rings (SSSR count). The topological polar surface area (TPSA) is 55.1 Å². The minimum absolute atomic E-state index is 0.123. The summed E-state index contributed by atoms with van der Waals surface area (Å²) in [6.07, 6.45) is 0. The van der Waals surface area contributed by atoms with E-state index in [-0.39, 0.29) is 5.91 Å². The van der Waals surface area contributed by atoms with E-state index in [2.05, 4.69) is 5.32 Å². The lowest BCUT2D eigenvalue weighted by molar-refractivity contribution is 0.102. The number of nitrogens with one attached hydrogen (secondary N) is 1. The average Bonchev–Trinajstić information content (AvgIpc) is 2.37. The summed E-state index contributed by atoms with van der Waals surface area (Å²) in [6, 6.07) is 11.3. The predicted octanol–water partition coefficient (Wildman–Crippen LogP) is 3.45. The van der Waals surface area contributed by atoms with E-state index >= 15 is 0 Å². The molecule has 0 unspecified atom stereocenters. The maximum Gasteiger partial charge on any atom is 0.256 e. The number of hydrogen-bond acceptors (Lipinski definition) is 2. The lowest BCUT2D eigenvalue weighted by Crippen LogP contribution is -2.15. The molecular formula is C16H18N2O. The van der Waals surface area contributed by atoms with E-state index in [9.17, 15) is 4.79 Å². The Hall–Kier alpha value is -2.29. The summed E-state index contributed by atoms with van der Waals surface area (Å²) >= 11 is 0. The van der Waals surface area contributed by atoms with Gasteiger partial charge in [-0.3, -0.25) is 4.79 Å². The summed E-state index contributed by atoms with van der Waals surface area (Å²) in [5.41, 5.74) is 10.8. The molecule has 2 aromatic carbocycles. The van der Waals surface area contributed by atoms with Crippen molar-refractivity contribution >= 4 is 17.3 Å². The molecule has 0 spiro atoms. The second-order valence-electron chi connectivity index (χ2n) is 4.80. The normalized spacial score (nSPS) is 10.3. The van der Waals surface area contributed by atoms with Gasteiger partial charge in [-0.25, -0.2) is 0 Å². The first-order chi connectivity index (χ1) is 8.99. The van der Waals surface area contributed by atoms with Crippen LogP contribution in [0.4, 0.5) is 11.4 Å². The van der Waals surface area contributed by atoms with Gasteiger partial charge in [-0.15, -0.1) is 0 Å². The first-order valence-electron chi connectivity index (χ1n) is 6.22. The van der Waals surface area contributed by atoms with Gasteiger partial charge in [-0.1, -0.05) is 24.3 Å². The van der Waals surface area contributed by atoms with Crippen LogP contribution < -0.4 is 11.1 Å². The summed E-state index contributed by atoms with van der Waals surface area (Å²) in [7, 11) is 0. The van der Waals surface area contributed by atoms with Crippen LogP contribution in [0.1, 0.15) is 27.0 Å². The summed E-state index contributed by atoms with van der Waals surface area (Å²) in [6.45, 7) is 5.86. The number of aryl methyl sites for hydroxylation is 3. The van der Waals surface area contributed by atoms with Crippen LogP contribution in [0.2, 0.25) is 0 Å². The standard InChI is InChI=1S/C16H18N2O/c1-10-7-8-13(17)9-14(10)16(19)18-15-11(2)5-4-6-12(15)3/h4-9H,17H2,1-3H3,(H,18,19). The Morgan fingerprint density at radius 2 is 1.63 bits per heavy atom. The van der Waals surface area contributed by atoms with Crippen LogP contribution in [0.25, 0.3) is 0 Å². The quantitative estimate of drug-likeness (QED) is 0.806. The van der Waals surface area contributed by atoms with E-state index < -0.39 is 0 Å². The number of hydrogen-bond donors (Lipinski definition) is 2. The van der Waals surface area contributed by atoms with Gasteiger partial charge in [0, 0.05) is 16.9 Å². The number of nitrogens with two attached hydrogens (primary N) is 1. The highest BCUT2D eigenvalue weighted by molar-refractivity contribution is 6.06. The average molecular weight is 254 g/mol. The summed E-state index contributed by atoms with van der Waals surface area (Å²) in [5, 5.41) is 2.97. The lowest BCUT2D eigenvalue weighted by atomic mass is 10.1. The van der Waals surface area contributed by atoms with Gasteiger partial charge in [0.15, 0.2) is 0 Å². The first-order valence-corrected chi connectivity index (χ1v) is 6.22. The van der Waals surface area contributed by atoms with Crippen molar-refractivity contribution in [3.63, 3.8) is 0 Å². The predicted molar refractivity (Wildman–Crippen MR) is 79.5 cm³/mol. The van der Waals surface area contributed by atoms with Crippen LogP contribution in [-0.4, -0.2) is 5.91 Å². The number of carbonyl (C=O) groups is 1. The van der Waals surface area contributed by atoms with Crippen LogP contribution in [-0.2, 0) is 0 Å². The molecule has 1 amide bonds. The molecule has 0 heterocycles. The molecule has 0 aliphatic heterocycles. The van der Waals surface area contributed by atoms with Gasteiger partial charge < -0.3 is 11.1 Å². The van der Waals surface area contributed by atoms with Crippen LogP contribution >= 0.6 is 0 Å². The Morgan fingerprint density at radius 1 is 1.00 bits per heavy atom. The molecule has 98 valence electrons. The zero-order chi connectivity index (χ0) is 14.0. The van der Waals surface area contributed by atoms with E-state index in [1.165, 1.54) is 0 Å². The zero-order valence-electron chi connectivity index (χ0n) is 11.4. The number of nitrogen functional groups attached to an aromatic ring is 1. The number of para-hydroxylation sites is 1. The van der Waals surface area contributed by atoms with Crippen molar-refractivity contribution in [3.8, 4) is 0 Å². The van der Waals surface area contributed by atoms with Gasteiger partial charge >= 0.3 is 0 Å². The summed E-state index contributed by atoms with van der Waals surface area (Å²) in [4.78, 5) is 12.3. The number of benzene rings is 2. The second-order valence-corrected chi connectivity index (χ2v) is 4.80. The zero-order valence-corrected chi connectivity index (χ0v) is 11.4. The minimum Gasteiger partial charge on any atom is -0.399 e. The highest BCUT2D eigenvalue weighted by atomic mass is 16.1. The number of carbonyl (C=O) groups excluding carboxylic acids is 1. The number of anilines is 2. The van der Waals surface area contributed by atoms with Gasteiger partial charge in [0.2, 0.25) is 0 Å². The Bertz CT molecular complexity index is 612. The van der Waals surface area contributed by atoms with Crippen molar-refractivity contribution in [2.24, 2.45) is 0 Å². The van der Waals surface area contributed by atoms with E-state index in [0.717, 1.165) is 22.4 Å². The summed E-state index contributed by atoms with van der Waals surface area (Å²) in [5.74, 6) is -0.123. The van der Waals surface area contributed by atoms with Crippen molar-refractivity contribution in [2.75, 3.05) is 11.1 Å². The lowest BCUT2D eigenvalue weighted by Gasteiger charge is -2.13. The third-order valence-electron chi connectivity index (χ3n) is 3.23. The molecule has 0 saturated heterocycles. The Morgan fingerprint density at radius 3 is 2.26 bits per heavy atom. The molecule has 0 atom stereocenters. The van der Waals surface area contributed by atoms with Crippen molar-refractivity contribution in [1.82, 2.24) is 0 Å². The fourth-order valence-electron chi connectivity index (χ4n) is 2.08. The van der Waals surface area contributed by atoms with Gasteiger partial charge in [-0.2, -0.15) is 0 Å². The molecule has 0 aromatic heterocycles. The molecule has 19 heavy (non-hydrogen) atoms. The van der Waals surface area contributed by atoms with Crippen LogP contribution in [0.3, 0.4) is 0 Å². The molecular weight excluding hydrogens is 236 g/mol. The van der Waals surface area contributed by atoms with E-state index in [4.69, 9.17) is 5.73 Å². The molecule has 3 nitrogen and oxygen atoms in total. The molecule has 0 aliphatic rings. The van der Waals surface area contributed by atoms with Gasteiger partial charge in [0.25, 0.3) is 5.91 Å². The Kier molecular flexibility index (Phi) is 3.56. The van der Waals surface area contributed by atoms with Crippen molar-refractivity contribution in [1.29, 1.82) is 0 Å². The van der Waals surface area contributed by atoms with Crippen molar-refractivity contribution in [2.45, 2.75) is 20.8 Å². The third-order valence-corrected chi connectivity index (χ3v) is 3.23. The molecule has 0 aliphatic carbocycles. The van der Waals surface area contributed by atoms with E-state index in [1.807, 2.05) is 45.0 Å². The summed E-state index contributed by atoms with van der Waals surface area (Å²) < 4.78 is 0. The second kappa shape index (κ2) is 5.14. The largest absolute Gasteiger partial charge is 0.399 e. The van der Waals surface area contributed by atoms with Gasteiger partial charge in [-0.05, 0) is 49.6 Å². The maximum absolute atomic E-state index is 12.3. The minimum atomic E-state index is -0.123. The molecule has 0 bridgehead atoms. The molecule has 0 fully saturated rings. The Balaban J connectivity index is 2.34. The fraction of sp³-hybridized carbons (Fsp3) is 0.188. The highest BCUT2D eigenvalue weighted by Gasteiger charge is 2.12. The van der Waals surface area contributed by atoms with E-state index in [1.54, 1.807) is 12.1 Å². The fourth-order valence-corrected chi connectivity index (χ4v) is 2.08.